The van der Waals surface area contributed by atoms with Crippen molar-refractivity contribution < 1.29 is 27.5 Å². The van der Waals surface area contributed by atoms with Crippen LogP contribution in [0.5, 0.6) is 0 Å². The highest BCUT2D eigenvalue weighted by atomic mass is 35.5. The van der Waals surface area contributed by atoms with Crippen molar-refractivity contribution in [3.63, 3.8) is 0 Å². The number of alkyl halides is 3. The average molecular weight is 489 g/mol. The summed E-state index contributed by atoms with van der Waals surface area (Å²) >= 11 is 12.1. The molecule has 1 aromatic heterocycles. The number of hydrogen-bond donors (Lipinski definition) is 2. The third kappa shape index (κ3) is 5.14. The van der Waals surface area contributed by atoms with Crippen LogP contribution in [0.4, 0.5) is 18.9 Å². The maximum Gasteiger partial charge on any atom is 0.449 e. The summed E-state index contributed by atoms with van der Waals surface area (Å²) in [4.78, 5) is 28.5. The smallest absolute Gasteiger partial charge is 0.383 e. The molecule has 0 unspecified atom stereocenters. The molecule has 1 heterocycles. The summed E-state index contributed by atoms with van der Waals surface area (Å²) < 4.78 is 46.5. The van der Waals surface area contributed by atoms with Crippen LogP contribution >= 0.6 is 23.2 Å². The van der Waals surface area contributed by atoms with Crippen molar-refractivity contribution in [2.24, 2.45) is 0 Å². The number of nitrogens with zero attached hydrogens (tertiary/aromatic N) is 2. The fourth-order valence-electron chi connectivity index (χ4n) is 3.02. The number of methoxy groups -OCH3 is 1. The molecule has 32 heavy (non-hydrogen) atoms. The number of anilines is 1. The first kappa shape index (κ1) is 23.8. The van der Waals surface area contributed by atoms with Crippen LogP contribution in [0, 0.1) is 0 Å². The van der Waals surface area contributed by atoms with E-state index in [-0.39, 0.29) is 45.5 Å². The molecule has 2 aromatic carbocycles. The summed E-state index contributed by atoms with van der Waals surface area (Å²) in [6.45, 7) is -0.269. The number of aromatic nitrogens is 2. The van der Waals surface area contributed by atoms with Crippen LogP contribution in [0.25, 0.3) is 11.0 Å². The first-order valence-corrected chi connectivity index (χ1v) is 9.96. The highest BCUT2D eigenvalue weighted by Gasteiger charge is 2.38. The largest absolute Gasteiger partial charge is 0.449 e. The van der Waals surface area contributed by atoms with E-state index >= 15 is 0 Å². The lowest BCUT2D eigenvalue weighted by molar-refractivity contribution is -0.147. The van der Waals surface area contributed by atoms with Gasteiger partial charge in [-0.15, -0.1) is 0 Å². The fourth-order valence-corrected chi connectivity index (χ4v) is 3.58. The van der Waals surface area contributed by atoms with Gasteiger partial charge in [0.2, 0.25) is 11.7 Å². The maximum atomic E-state index is 13.7. The van der Waals surface area contributed by atoms with Crippen molar-refractivity contribution in [2.75, 3.05) is 25.6 Å². The van der Waals surface area contributed by atoms with Crippen molar-refractivity contribution >= 4 is 51.7 Å². The number of carbonyl (C=O) groups is 2. The van der Waals surface area contributed by atoms with Crippen molar-refractivity contribution in [1.82, 2.24) is 14.9 Å². The third-order valence-corrected chi connectivity index (χ3v) is 5.03. The fraction of sp³-hybridized carbons (Fsp3) is 0.250. The molecule has 0 fully saturated rings. The van der Waals surface area contributed by atoms with Crippen LogP contribution in [0.1, 0.15) is 16.2 Å². The van der Waals surface area contributed by atoms with Gasteiger partial charge in [0.1, 0.15) is 12.1 Å². The zero-order chi connectivity index (χ0) is 23.5. The Morgan fingerprint density at radius 1 is 1.12 bits per heavy atom. The molecule has 170 valence electrons. The minimum absolute atomic E-state index is 0.00697. The monoisotopic (exact) mass is 488 g/mol. The molecule has 0 saturated heterocycles. The molecule has 0 bridgehead atoms. The topological polar surface area (TPSA) is 85.2 Å². The van der Waals surface area contributed by atoms with E-state index in [1.165, 1.54) is 37.4 Å². The Morgan fingerprint density at radius 2 is 1.78 bits per heavy atom. The normalized spacial score (nSPS) is 11.6. The van der Waals surface area contributed by atoms with E-state index in [9.17, 15) is 22.8 Å². The Morgan fingerprint density at radius 3 is 2.41 bits per heavy atom. The Labute approximate surface area is 190 Å². The lowest BCUT2D eigenvalue weighted by Crippen LogP contribution is -2.31. The van der Waals surface area contributed by atoms with Gasteiger partial charge in [-0.2, -0.15) is 13.2 Å². The summed E-state index contributed by atoms with van der Waals surface area (Å²) in [6.07, 6.45) is -4.83. The Hall–Kier alpha value is -2.82. The molecule has 3 aromatic rings. The summed E-state index contributed by atoms with van der Waals surface area (Å²) in [5, 5.41) is 5.13. The second-order valence-electron chi connectivity index (χ2n) is 6.59. The summed E-state index contributed by atoms with van der Waals surface area (Å²) in [6, 6.07) is 8.67. The lowest BCUT2D eigenvalue weighted by atomic mass is 10.2. The number of imidazole rings is 1. The van der Waals surface area contributed by atoms with Crippen LogP contribution in [0.15, 0.2) is 36.4 Å². The second kappa shape index (κ2) is 9.76. The highest BCUT2D eigenvalue weighted by Crippen LogP contribution is 2.34. The summed E-state index contributed by atoms with van der Waals surface area (Å²) in [5.74, 6) is -2.63. The minimum Gasteiger partial charge on any atom is -0.383 e. The zero-order valence-electron chi connectivity index (χ0n) is 16.6. The van der Waals surface area contributed by atoms with Gasteiger partial charge in [-0.1, -0.05) is 35.3 Å². The van der Waals surface area contributed by atoms with Gasteiger partial charge in [0.25, 0.3) is 5.91 Å². The number of nitrogens with one attached hydrogen (secondary N) is 2. The molecule has 0 aliphatic heterocycles. The van der Waals surface area contributed by atoms with Crippen LogP contribution in [0.2, 0.25) is 10.0 Å². The molecule has 12 heteroatoms. The molecular formula is C20H17Cl2F3N4O3. The molecule has 0 radical (unpaired) electrons. The number of para-hydroxylation sites is 1. The molecular weight excluding hydrogens is 472 g/mol. The van der Waals surface area contributed by atoms with Gasteiger partial charge in [0.15, 0.2) is 0 Å². The van der Waals surface area contributed by atoms with Gasteiger partial charge in [-0.3, -0.25) is 9.59 Å². The first-order chi connectivity index (χ1) is 15.1. The lowest BCUT2D eigenvalue weighted by Gasteiger charge is -2.12. The number of benzene rings is 2. The van der Waals surface area contributed by atoms with Crippen LogP contribution < -0.4 is 10.6 Å². The number of fused-ring (bicyclic) bond motifs is 1. The van der Waals surface area contributed by atoms with E-state index in [4.69, 9.17) is 27.9 Å². The van der Waals surface area contributed by atoms with Crippen molar-refractivity contribution in [2.45, 2.75) is 12.7 Å². The molecule has 0 aliphatic carbocycles. The molecule has 0 spiro atoms. The number of rotatable bonds is 7. The number of hydrogen-bond acceptors (Lipinski definition) is 4. The average Bonchev–Trinajstić information content (AvgIpc) is 3.08. The SMILES string of the molecule is COCCNC(=O)Cn1c(C(F)(F)F)nc2c(NC(=O)c3c(Cl)cccc3Cl)cccc21. The Kier molecular flexibility index (Phi) is 7.27. The summed E-state index contributed by atoms with van der Waals surface area (Å²) in [5.41, 5.74) is -0.142. The van der Waals surface area contributed by atoms with E-state index in [0.29, 0.717) is 0 Å². The number of carbonyl (C=O) groups excluding carboxylic acids is 2. The first-order valence-electron chi connectivity index (χ1n) is 9.21. The highest BCUT2D eigenvalue weighted by molar-refractivity contribution is 6.40. The molecule has 7 nitrogen and oxygen atoms in total. The predicted octanol–water partition coefficient (Wildman–Crippen LogP) is 4.38. The van der Waals surface area contributed by atoms with E-state index in [2.05, 4.69) is 15.6 Å². The van der Waals surface area contributed by atoms with E-state index in [0.717, 1.165) is 4.57 Å². The van der Waals surface area contributed by atoms with Gasteiger partial charge >= 0.3 is 6.18 Å². The van der Waals surface area contributed by atoms with Crippen molar-refractivity contribution in [3.8, 4) is 0 Å². The zero-order valence-corrected chi connectivity index (χ0v) is 18.1. The van der Waals surface area contributed by atoms with Gasteiger partial charge in [0, 0.05) is 13.7 Å². The van der Waals surface area contributed by atoms with Crippen LogP contribution in [0.3, 0.4) is 0 Å². The standard InChI is InChI=1S/C20H17Cl2F3N4O3/c1-32-9-8-26-15(30)10-29-14-7-3-6-13(17(14)28-19(29)20(23,24)25)27-18(31)16-11(21)4-2-5-12(16)22/h2-7H,8-10H2,1H3,(H,26,30)(H,27,31). The quantitative estimate of drug-likeness (QED) is 0.483. The van der Waals surface area contributed by atoms with Gasteiger partial charge in [-0.05, 0) is 24.3 Å². The molecule has 2 N–H and O–H groups in total. The number of ether oxygens (including phenoxy) is 1. The van der Waals surface area contributed by atoms with E-state index in [1.54, 1.807) is 6.07 Å². The molecule has 2 amide bonds. The van der Waals surface area contributed by atoms with Crippen LogP contribution in [-0.2, 0) is 22.3 Å². The summed E-state index contributed by atoms with van der Waals surface area (Å²) in [7, 11) is 1.43. The molecule has 0 aliphatic rings. The van der Waals surface area contributed by atoms with Crippen molar-refractivity contribution in [3.05, 3.63) is 57.8 Å². The molecule has 0 saturated carbocycles. The third-order valence-electron chi connectivity index (χ3n) is 4.40. The predicted molar refractivity (Wildman–Crippen MR) is 114 cm³/mol. The molecule has 3 rings (SSSR count). The van der Waals surface area contributed by atoms with Gasteiger partial charge in [-0.25, -0.2) is 4.98 Å². The van der Waals surface area contributed by atoms with Gasteiger partial charge < -0.3 is 19.9 Å². The van der Waals surface area contributed by atoms with Crippen LogP contribution in [-0.4, -0.2) is 41.6 Å². The maximum absolute atomic E-state index is 13.7. The van der Waals surface area contributed by atoms with E-state index < -0.39 is 30.4 Å². The Bertz CT molecular complexity index is 1140. The number of halogens is 5. The molecule has 0 atom stereocenters. The van der Waals surface area contributed by atoms with E-state index in [1.807, 2.05) is 0 Å². The Balaban J connectivity index is 2.00. The second-order valence-corrected chi connectivity index (χ2v) is 7.40. The number of amides is 2. The minimum atomic E-state index is -4.83. The van der Waals surface area contributed by atoms with Gasteiger partial charge in [0.05, 0.1) is 33.4 Å². The van der Waals surface area contributed by atoms with Crippen molar-refractivity contribution in [1.29, 1.82) is 0 Å².